The average Bonchev–Trinajstić information content (AvgIpc) is 2.54. The minimum atomic E-state index is -0.669. The number of carbonyl (C=O) groups excluding carboxylic acids is 1. The number of aliphatic hydroxyl groups excluding tert-OH is 1. The summed E-state index contributed by atoms with van der Waals surface area (Å²) < 4.78 is 0. The van der Waals surface area contributed by atoms with Gasteiger partial charge >= 0.3 is 0 Å². The Morgan fingerprint density at radius 1 is 1.04 bits per heavy atom. The number of halogens is 2. The Morgan fingerprint density at radius 3 is 2.48 bits per heavy atom. The summed E-state index contributed by atoms with van der Waals surface area (Å²) >= 11 is 11.9. The van der Waals surface area contributed by atoms with Gasteiger partial charge in [0.15, 0.2) is 0 Å². The molecule has 4 nitrogen and oxygen atoms in total. The Bertz CT molecular complexity index is 817. The molecule has 2 aromatic rings. The largest absolute Gasteiger partial charge is 0.492 e. The Labute approximate surface area is 143 Å². The molecule has 1 amide bonds. The second-order valence-electron chi connectivity index (χ2n) is 5.09. The second kappa shape index (κ2) is 6.52. The maximum atomic E-state index is 12.0. The molecule has 0 aromatic heterocycles. The number of hydrogen-bond donors (Lipinski definition) is 1. The average molecular weight is 347 g/mol. The van der Waals surface area contributed by atoms with E-state index >= 15 is 0 Å². The van der Waals surface area contributed by atoms with Crippen molar-refractivity contribution in [3.05, 3.63) is 69.7 Å². The van der Waals surface area contributed by atoms with E-state index in [1.807, 2.05) is 30.3 Å². The highest BCUT2D eigenvalue weighted by atomic mass is 35.5. The van der Waals surface area contributed by atoms with E-state index in [1.54, 1.807) is 18.2 Å². The number of rotatable bonds is 3. The van der Waals surface area contributed by atoms with Gasteiger partial charge in [0, 0.05) is 12.0 Å². The summed E-state index contributed by atoms with van der Waals surface area (Å²) in [7, 11) is 0. The fourth-order valence-electron chi connectivity index (χ4n) is 2.32. The normalized spacial score (nSPS) is 17.7. The van der Waals surface area contributed by atoms with Crippen LogP contribution < -0.4 is 0 Å². The van der Waals surface area contributed by atoms with Crippen LogP contribution in [0.5, 0.6) is 0 Å². The van der Waals surface area contributed by atoms with E-state index in [1.165, 1.54) is 0 Å². The van der Waals surface area contributed by atoms with Crippen LogP contribution in [0.2, 0.25) is 10.0 Å². The third kappa shape index (κ3) is 3.44. The topological polar surface area (TPSA) is 62.0 Å². The number of nitrogens with zero attached hydrogens (tertiary/aromatic N) is 2. The van der Waals surface area contributed by atoms with E-state index in [0.717, 1.165) is 5.56 Å². The zero-order valence-corrected chi connectivity index (χ0v) is 13.4. The van der Waals surface area contributed by atoms with Crippen LogP contribution in [0, 0.1) is 0 Å². The van der Waals surface area contributed by atoms with E-state index in [4.69, 9.17) is 23.2 Å². The summed E-state index contributed by atoms with van der Waals surface area (Å²) in [5, 5.41) is 10.7. The molecule has 1 atom stereocenters. The molecule has 2 aromatic carbocycles. The lowest BCUT2D eigenvalue weighted by Crippen LogP contribution is -2.31. The SMILES string of the molecule is O=C1N=C(O)C(c2ccc(Cl)c(Cl)c2)=NC1Cc1ccccc1. The van der Waals surface area contributed by atoms with Gasteiger partial charge in [0.1, 0.15) is 11.8 Å². The molecule has 1 unspecified atom stereocenters. The number of amides is 1. The monoisotopic (exact) mass is 346 g/mol. The number of aliphatic hydroxyl groups is 1. The molecule has 23 heavy (non-hydrogen) atoms. The first-order valence-corrected chi connectivity index (χ1v) is 7.69. The molecule has 0 aliphatic carbocycles. The van der Waals surface area contributed by atoms with Crippen molar-refractivity contribution in [1.29, 1.82) is 0 Å². The molecule has 0 saturated heterocycles. The summed E-state index contributed by atoms with van der Waals surface area (Å²) in [5.41, 5.74) is 1.77. The van der Waals surface area contributed by atoms with Crippen molar-refractivity contribution < 1.29 is 9.90 Å². The van der Waals surface area contributed by atoms with Crippen LogP contribution in [0.25, 0.3) is 0 Å². The molecule has 6 heteroatoms. The quantitative estimate of drug-likeness (QED) is 0.916. The maximum absolute atomic E-state index is 12.0. The van der Waals surface area contributed by atoms with Gasteiger partial charge in [-0.3, -0.25) is 9.79 Å². The van der Waals surface area contributed by atoms with E-state index < -0.39 is 17.8 Å². The lowest BCUT2D eigenvalue weighted by atomic mass is 10.0. The number of benzene rings is 2. The van der Waals surface area contributed by atoms with Crippen LogP contribution in [-0.2, 0) is 11.2 Å². The fraction of sp³-hybridized carbons (Fsp3) is 0.118. The molecule has 0 bridgehead atoms. The standard InChI is InChI=1S/C17H12Cl2N2O2/c18-12-7-6-11(9-13(12)19)15-17(23)21-16(22)14(20-15)8-10-4-2-1-3-5-10/h1-7,9,14H,8H2,(H,21,22,23). The lowest BCUT2D eigenvalue weighted by molar-refractivity contribution is -0.119. The molecule has 116 valence electrons. The molecular weight excluding hydrogens is 335 g/mol. The van der Waals surface area contributed by atoms with Crippen molar-refractivity contribution in [2.45, 2.75) is 12.5 Å². The minimum absolute atomic E-state index is 0.240. The summed E-state index contributed by atoms with van der Waals surface area (Å²) in [6.07, 6.45) is 0.418. The summed E-state index contributed by atoms with van der Waals surface area (Å²) in [4.78, 5) is 20.1. The molecular formula is C17H12Cl2N2O2. The van der Waals surface area contributed by atoms with Crippen LogP contribution in [0.3, 0.4) is 0 Å². The zero-order chi connectivity index (χ0) is 16.4. The van der Waals surface area contributed by atoms with E-state index in [-0.39, 0.29) is 5.71 Å². The summed E-state index contributed by atoms with van der Waals surface area (Å²) in [6, 6.07) is 13.7. The van der Waals surface area contributed by atoms with Gasteiger partial charge in [-0.25, -0.2) is 0 Å². The van der Waals surface area contributed by atoms with Crippen molar-refractivity contribution in [2.75, 3.05) is 0 Å². The molecule has 0 fully saturated rings. The van der Waals surface area contributed by atoms with Crippen molar-refractivity contribution >= 4 is 40.7 Å². The van der Waals surface area contributed by atoms with Gasteiger partial charge in [-0.05, 0) is 17.7 Å². The third-order valence-electron chi connectivity index (χ3n) is 3.46. The number of carbonyl (C=O) groups is 1. The van der Waals surface area contributed by atoms with E-state index in [0.29, 0.717) is 22.0 Å². The first kappa shape index (κ1) is 15.7. The highest BCUT2D eigenvalue weighted by Gasteiger charge is 2.27. The van der Waals surface area contributed by atoms with Crippen LogP contribution in [0.15, 0.2) is 58.5 Å². The van der Waals surface area contributed by atoms with Crippen LogP contribution >= 0.6 is 23.2 Å². The van der Waals surface area contributed by atoms with E-state index in [2.05, 4.69) is 9.98 Å². The maximum Gasteiger partial charge on any atom is 0.274 e. The number of hydrogen-bond acceptors (Lipinski definition) is 2. The zero-order valence-electron chi connectivity index (χ0n) is 11.9. The molecule has 1 heterocycles. The van der Waals surface area contributed by atoms with Gasteiger partial charge in [-0.15, -0.1) is 0 Å². The van der Waals surface area contributed by atoms with Crippen LogP contribution in [0.4, 0.5) is 0 Å². The van der Waals surface area contributed by atoms with Gasteiger partial charge in [0.05, 0.1) is 10.0 Å². The Kier molecular flexibility index (Phi) is 4.46. The van der Waals surface area contributed by atoms with Crippen molar-refractivity contribution in [3.63, 3.8) is 0 Å². The van der Waals surface area contributed by atoms with Crippen molar-refractivity contribution in [1.82, 2.24) is 0 Å². The third-order valence-corrected chi connectivity index (χ3v) is 4.20. The first-order valence-electron chi connectivity index (χ1n) is 6.93. The highest BCUT2D eigenvalue weighted by molar-refractivity contribution is 6.48. The molecule has 1 aliphatic heterocycles. The van der Waals surface area contributed by atoms with Crippen molar-refractivity contribution in [3.8, 4) is 0 Å². The second-order valence-corrected chi connectivity index (χ2v) is 5.90. The Morgan fingerprint density at radius 2 is 1.78 bits per heavy atom. The fourth-order valence-corrected chi connectivity index (χ4v) is 2.62. The Hall–Kier alpha value is -2.17. The summed E-state index contributed by atoms with van der Waals surface area (Å²) in [6.45, 7) is 0. The first-order chi connectivity index (χ1) is 11.0. The Balaban J connectivity index is 1.94. The lowest BCUT2D eigenvalue weighted by Gasteiger charge is -2.17. The van der Waals surface area contributed by atoms with Crippen LogP contribution in [-0.4, -0.2) is 28.7 Å². The van der Waals surface area contributed by atoms with E-state index in [9.17, 15) is 9.90 Å². The molecule has 3 rings (SSSR count). The number of aliphatic imine (C=N–C) groups is 2. The van der Waals surface area contributed by atoms with Crippen LogP contribution in [0.1, 0.15) is 11.1 Å². The molecule has 0 radical (unpaired) electrons. The highest BCUT2D eigenvalue weighted by Crippen LogP contribution is 2.24. The molecule has 1 aliphatic rings. The predicted octanol–water partition coefficient (Wildman–Crippen LogP) is 3.89. The smallest absolute Gasteiger partial charge is 0.274 e. The van der Waals surface area contributed by atoms with Gasteiger partial charge < -0.3 is 5.11 Å². The van der Waals surface area contributed by atoms with Gasteiger partial charge in [-0.1, -0.05) is 59.6 Å². The molecule has 1 N–H and O–H groups in total. The minimum Gasteiger partial charge on any atom is -0.492 e. The summed E-state index contributed by atoms with van der Waals surface area (Å²) in [5.74, 6) is -0.868. The molecule has 0 saturated carbocycles. The predicted molar refractivity (Wildman–Crippen MR) is 92.0 cm³/mol. The van der Waals surface area contributed by atoms with Gasteiger partial charge in [0.2, 0.25) is 5.90 Å². The van der Waals surface area contributed by atoms with Gasteiger partial charge in [-0.2, -0.15) is 4.99 Å². The van der Waals surface area contributed by atoms with Crippen molar-refractivity contribution in [2.24, 2.45) is 9.98 Å². The van der Waals surface area contributed by atoms with Gasteiger partial charge in [0.25, 0.3) is 5.91 Å². The molecule has 0 spiro atoms.